The summed E-state index contributed by atoms with van der Waals surface area (Å²) >= 11 is 1.54. The van der Waals surface area contributed by atoms with Crippen LogP contribution in [0.2, 0.25) is 0 Å². The van der Waals surface area contributed by atoms with Crippen molar-refractivity contribution in [2.24, 2.45) is 0 Å². The minimum atomic E-state index is 0.586. The second-order valence-corrected chi connectivity index (χ2v) is 5.48. The third-order valence-electron chi connectivity index (χ3n) is 3.00. The van der Waals surface area contributed by atoms with Crippen LogP contribution in [0.15, 0.2) is 66.7 Å². The van der Waals surface area contributed by atoms with Gasteiger partial charge in [-0.3, -0.25) is 0 Å². The molecular formula is C18H12N2S. The van der Waals surface area contributed by atoms with Crippen molar-refractivity contribution in [2.45, 2.75) is 0 Å². The fourth-order valence-corrected chi connectivity index (χ4v) is 2.90. The Morgan fingerprint density at radius 3 is 2.57 bits per heavy atom. The highest BCUT2D eigenvalue weighted by atomic mass is 32.1. The van der Waals surface area contributed by atoms with Gasteiger partial charge in [0.1, 0.15) is 11.1 Å². The summed E-state index contributed by atoms with van der Waals surface area (Å²) in [6.07, 6.45) is 5.68. The van der Waals surface area contributed by atoms with Crippen LogP contribution < -0.4 is 0 Å². The van der Waals surface area contributed by atoms with Crippen LogP contribution in [0.5, 0.6) is 0 Å². The van der Waals surface area contributed by atoms with Gasteiger partial charge in [-0.15, -0.1) is 11.3 Å². The Labute approximate surface area is 127 Å². The number of nitriles is 1. The molecule has 0 radical (unpaired) electrons. The van der Waals surface area contributed by atoms with Crippen LogP contribution in [0.3, 0.4) is 0 Å². The van der Waals surface area contributed by atoms with Gasteiger partial charge in [0.25, 0.3) is 0 Å². The number of hydrogen-bond donors (Lipinski definition) is 0. The Morgan fingerprint density at radius 1 is 1.05 bits per heavy atom. The van der Waals surface area contributed by atoms with Gasteiger partial charge in [0.15, 0.2) is 0 Å². The number of allylic oxidation sites excluding steroid dienone is 3. The van der Waals surface area contributed by atoms with E-state index in [1.807, 2.05) is 72.8 Å². The van der Waals surface area contributed by atoms with E-state index in [1.54, 1.807) is 11.3 Å². The molecule has 3 rings (SSSR count). The number of aromatic nitrogens is 1. The molecule has 21 heavy (non-hydrogen) atoms. The molecule has 0 bridgehead atoms. The average molecular weight is 288 g/mol. The lowest BCUT2D eigenvalue weighted by Gasteiger charge is -1.90. The van der Waals surface area contributed by atoms with Gasteiger partial charge in [-0.25, -0.2) is 4.98 Å². The molecule has 3 aromatic rings. The van der Waals surface area contributed by atoms with E-state index in [9.17, 15) is 5.26 Å². The summed E-state index contributed by atoms with van der Waals surface area (Å²) in [7, 11) is 0. The van der Waals surface area contributed by atoms with E-state index in [0.717, 1.165) is 20.8 Å². The standard InChI is InChI=1S/C18H12N2S/c19-13-15(10-6-9-14-7-2-1-3-8-14)18-20-16-11-4-5-12-17(16)21-18/h1-12H/b9-6+,15-10+. The fourth-order valence-electron chi connectivity index (χ4n) is 1.96. The summed E-state index contributed by atoms with van der Waals surface area (Å²) in [5.74, 6) is 0. The summed E-state index contributed by atoms with van der Waals surface area (Å²) in [6.45, 7) is 0. The fraction of sp³-hybridized carbons (Fsp3) is 0. The largest absolute Gasteiger partial charge is 0.235 e. The minimum Gasteiger partial charge on any atom is -0.235 e. The molecule has 1 heterocycles. The second-order valence-electron chi connectivity index (χ2n) is 4.45. The molecule has 0 N–H and O–H groups in total. The van der Waals surface area contributed by atoms with E-state index < -0.39 is 0 Å². The second kappa shape index (κ2) is 6.17. The van der Waals surface area contributed by atoms with Crippen LogP contribution in [0.4, 0.5) is 0 Å². The van der Waals surface area contributed by atoms with Crippen molar-refractivity contribution in [1.29, 1.82) is 5.26 Å². The summed E-state index contributed by atoms with van der Waals surface area (Å²) in [5.41, 5.74) is 2.63. The highest BCUT2D eigenvalue weighted by Gasteiger charge is 2.06. The summed E-state index contributed by atoms with van der Waals surface area (Å²) in [6, 6.07) is 20.1. The van der Waals surface area contributed by atoms with E-state index in [-0.39, 0.29) is 0 Å². The number of fused-ring (bicyclic) bond motifs is 1. The van der Waals surface area contributed by atoms with Crippen LogP contribution in [-0.4, -0.2) is 4.98 Å². The molecule has 0 aliphatic heterocycles. The molecule has 0 amide bonds. The maximum absolute atomic E-state index is 9.32. The Kier molecular flexibility index (Phi) is 3.90. The summed E-state index contributed by atoms with van der Waals surface area (Å²) < 4.78 is 1.10. The molecule has 0 saturated carbocycles. The molecule has 1 aromatic heterocycles. The zero-order valence-corrected chi connectivity index (χ0v) is 12.0. The number of rotatable bonds is 3. The highest BCUT2D eigenvalue weighted by molar-refractivity contribution is 7.19. The van der Waals surface area contributed by atoms with Crippen LogP contribution >= 0.6 is 11.3 Å². The van der Waals surface area contributed by atoms with Gasteiger partial charge in [-0.05, 0) is 23.8 Å². The van der Waals surface area contributed by atoms with Gasteiger partial charge in [-0.2, -0.15) is 5.26 Å². The van der Waals surface area contributed by atoms with Crippen molar-refractivity contribution >= 4 is 33.2 Å². The smallest absolute Gasteiger partial charge is 0.135 e. The van der Waals surface area contributed by atoms with Gasteiger partial charge in [0.2, 0.25) is 0 Å². The zero-order chi connectivity index (χ0) is 14.5. The van der Waals surface area contributed by atoms with Crippen molar-refractivity contribution in [3.05, 3.63) is 77.3 Å². The van der Waals surface area contributed by atoms with E-state index in [1.165, 1.54) is 0 Å². The van der Waals surface area contributed by atoms with Gasteiger partial charge in [0, 0.05) is 0 Å². The quantitative estimate of drug-likeness (QED) is 0.507. The molecule has 0 fully saturated rings. The first-order valence-corrected chi connectivity index (χ1v) is 7.38. The molecule has 2 aromatic carbocycles. The topological polar surface area (TPSA) is 36.7 Å². The number of para-hydroxylation sites is 1. The van der Waals surface area contributed by atoms with E-state index in [2.05, 4.69) is 11.1 Å². The van der Waals surface area contributed by atoms with Gasteiger partial charge in [0.05, 0.1) is 15.8 Å². The lowest BCUT2D eigenvalue weighted by molar-refractivity contribution is 1.43. The predicted molar refractivity (Wildman–Crippen MR) is 88.7 cm³/mol. The predicted octanol–water partition coefficient (Wildman–Crippen LogP) is 4.92. The molecule has 0 atom stereocenters. The number of nitrogens with zero attached hydrogens (tertiary/aromatic N) is 2. The third kappa shape index (κ3) is 3.07. The zero-order valence-electron chi connectivity index (χ0n) is 11.2. The van der Waals surface area contributed by atoms with Crippen LogP contribution in [0.25, 0.3) is 21.9 Å². The van der Waals surface area contributed by atoms with E-state index in [4.69, 9.17) is 0 Å². The highest BCUT2D eigenvalue weighted by Crippen LogP contribution is 2.26. The SMILES string of the molecule is N#C/C(=C\C=C\c1ccccc1)c1nc2ccccc2s1. The van der Waals surface area contributed by atoms with Crippen molar-refractivity contribution in [2.75, 3.05) is 0 Å². The van der Waals surface area contributed by atoms with Crippen molar-refractivity contribution < 1.29 is 0 Å². The first-order valence-electron chi connectivity index (χ1n) is 6.56. The van der Waals surface area contributed by atoms with E-state index in [0.29, 0.717) is 5.57 Å². The van der Waals surface area contributed by atoms with Crippen molar-refractivity contribution in [3.8, 4) is 6.07 Å². The molecule has 3 heteroatoms. The summed E-state index contributed by atoms with van der Waals surface area (Å²) in [4.78, 5) is 4.50. The Hall–Kier alpha value is -2.70. The van der Waals surface area contributed by atoms with E-state index >= 15 is 0 Å². The van der Waals surface area contributed by atoms with Crippen LogP contribution in [0.1, 0.15) is 10.6 Å². The third-order valence-corrected chi connectivity index (χ3v) is 4.07. The molecule has 0 spiro atoms. The molecule has 100 valence electrons. The van der Waals surface area contributed by atoms with Crippen molar-refractivity contribution in [3.63, 3.8) is 0 Å². The van der Waals surface area contributed by atoms with Gasteiger partial charge >= 0.3 is 0 Å². The number of benzene rings is 2. The van der Waals surface area contributed by atoms with Gasteiger partial charge in [-0.1, -0.05) is 54.6 Å². The maximum Gasteiger partial charge on any atom is 0.135 e. The molecule has 0 unspecified atom stereocenters. The monoisotopic (exact) mass is 288 g/mol. The Balaban J connectivity index is 1.89. The molecule has 0 saturated heterocycles. The van der Waals surface area contributed by atoms with Crippen LogP contribution in [0, 0.1) is 11.3 Å². The first-order chi connectivity index (χ1) is 10.4. The Bertz CT molecular complexity index is 819. The average Bonchev–Trinajstić information content (AvgIpc) is 2.96. The van der Waals surface area contributed by atoms with Crippen molar-refractivity contribution in [1.82, 2.24) is 4.98 Å². The molecule has 0 aliphatic carbocycles. The molecule has 0 aliphatic rings. The summed E-state index contributed by atoms with van der Waals surface area (Å²) in [5, 5.41) is 10.1. The lowest BCUT2D eigenvalue weighted by Crippen LogP contribution is -1.78. The molecule has 2 nitrogen and oxygen atoms in total. The maximum atomic E-state index is 9.32. The Morgan fingerprint density at radius 2 is 1.81 bits per heavy atom. The van der Waals surface area contributed by atoms with Gasteiger partial charge < -0.3 is 0 Å². The molecular weight excluding hydrogens is 276 g/mol. The lowest BCUT2D eigenvalue weighted by atomic mass is 10.2. The number of hydrogen-bond acceptors (Lipinski definition) is 3. The minimum absolute atomic E-state index is 0.586. The normalized spacial score (nSPS) is 11.9. The first kappa shape index (κ1) is 13.3. The van der Waals surface area contributed by atoms with Crippen LogP contribution in [-0.2, 0) is 0 Å². The number of thiazole rings is 1.